The van der Waals surface area contributed by atoms with Crippen LogP contribution in [0.4, 0.5) is 5.69 Å². The second-order valence-corrected chi connectivity index (χ2v) is 5.24. The van der Waals surface area contributed by atoms with Gasteiger partial charge in [-0.1, -0.05) is 36.4 Å². The van der Waals surface area contributed by atoms with Gasteiger partial charge in [0.1, 0.15) is 12.4 Å². The third kappa shape index (κ3) is 4.20. The lowest BCUT2D eigenvalue weighted by Gasteiger charge is -2.06. The average Bonchev–Trinajstić information content (AvgIpc) is 2.47. The van der Waals surface area contributed by atoms with Gasteiger partial charge < -0.3 is 4.74 Å². The van der Waals surface area contributed by atoms with Crippen molar-refractivity contribution in [2.45, 2.75) is 13.8 Å². The minimum absolute atomic E-state index is 0.440. The van der Waals surface area contributed by atoms with Gasteiger partial charge in [-0.05, 0) is 54.8 Å². The van der Waals surface area contributed by atoms with Crippen LogP contribution in [0.5, 0.6) is 5.75 Å². The summed E-state index contributed by atoms with van der Waals surface area (Å²) in [4.78, 5) is 4.53. The predicted octanol–water partition coefficient (Wildman–Crippen LogP) is 5.27. The van der Waals surface area contributed by atoms with Gasteiger partial charge >= 0.3 is 0 Å². The van der Waals surface area contributed by atoms with Gasteiger partial charge in [0.2, 0.25) is 0 Å². The maximum atomic E-state index is 6.18. The van der Waals surface area contributed by atoms with Gasteiger partial charge in [0.25, 0.3) is 0 Å². The second-order valence-electron chi connectivity index (χ2n) is 4.84. The number of aliphatic imine (C=N–C) groups is 1. The van der Waals surface area contributed by atoms with Crippen LogP contribution < -0.4 is 4.74 Å². The van der Waals surface area contributed by atoms with E-state index in [4.69, 9.17) is 16.3 Å². The van der Waals surface area contributed by atoms with Crippen molar-refractivity contribution in [1.29, 1.82) is 0 Å². The topological polar surface area (TPSA) is 21.6 Å². The van der Waals surface area contributed by atoms with Crippen LogP contribution in [-0.4, -0.2) is 12.8 Å². The summed E-state index contributed by atoms with van der Waals surface area (Å²) in [6.45, 7) is 8.16. The Morgan fingerprint density at radius 3 is 2.71 bits per heavy atom. The van der Waals surface area contributed by atoms with Crippen molar-refractivity contribution >= 4 is 23.5 Å². The smallest absolute Gasteiger partial charge is 0.138 e. The van der Waals surface area contributed by atoms with E-state index >= 15 is 0 Å². The van der Waals surface area contributed by atoms with E-state index in [1.54, 1.807) is 6.08 Å². The van der Waals surface area contributed by atoms with Gasteiger partial charge in [0.15, 0.2) is 0 Å². The van der Waals surface area contributed by atoms with Crippen LogP contribution in [0.2, 0.25) is 5.02 Å². The van der Waals surface area contributed by atoms with E-state index in [-0.39, 0.29) is 0 Å². The van der Waals surface area contributed by atoms with Crippen LogP contribution in [0.1, 0.15) is 16.7 Å². The van der Waals surface area contributed by atoms with E-state index in [2.05, 4.69) is 36.7 Å². The van der Waals surface area contributed by atoms with Crippen LogP contribution in [0.15, 0.2) is 54.0 Å². The summed E-state index contributed by atoms with van der Waals surface area (Å²) < 4.78 is 5.44. The largest absolute Gasteiger partial charge is 0.488 e. The normalized spacial score (nSPS) is 10.8. The molecule has 0 saturated carbocycles. The molecule has 0 bridgehead atoms. The molecule has 0 aliphatic carbocycles. The number of hydrogen-bond acceptors (Lipinski definition) is 2. The van der Waals surface area contributed by atoms with E-state index in [1.807, 2.05) is 31.3 Å². The number of hydrogen-bond donors (Lipinski definition) is 0. The highest BCUT2D eigenvalue weighted by Crippen LogP contribution is 2.25. The third-order valence-electron chi connectivity index (χ3n) is 3.03. The summed E-state index contributed by atoms with van der Waals surface area (Å²) in [5.41, 5.74) is 4.25. The third-order valence-corrected chi connectivity index (χ3v) is 3.33. The van der Waals surface area contributed by atoms with E-state index in [0.29, 0.717) is 17.4 Å². The summed E-state index contributed by atoms with van der Waals surface area (Å²) in [6.07, 6.45) is 3.50. The first-order valence-corrected chi connectivity index (χ1v) is 7.12. The molecule has 2 nitrogen and oxygen atoms in total. The Kier molecular flexibility index (Phi) is 5.18. The van der Waals surface area contributed by atoms with E-state index in [0.717, 1.165) is 16.8 Å². The lowest BCUT2D eigenvalue weighted by Crippen LogP contribution is -1.94. The molecule has 0 heterocycles. The summed E-state index contributed by atoms with van der Waals surface area (Å²) in [5.74, 6) is 0.653. The maximum Gasteiger partial charge on any atom is 0.138 e. The van der Waals surface area contributed by atoms with Gasteiger partial charge in [-0.3, -0.25) is 4.99 Å². The fourth-order valence-electron chi connectivity index (χ4n) is 1.87. The van der Waals surface area contributed by atoms with Crippen LogP contribution >= 0.6 is 11.6 Å². The molecule has 108 valence electrons. The van der Waals surface area contributed by atoms with Crippen LogP contribution in [0.3, 0.4) is 0 Å². The first-order valence-electron chi connectivity index (χ1n) is 6.74. The summed E-state index contributed by atoms with van der Waals surface area (Å²) >= 11 is 6.18. The van der Waals surface area contributed by atoms with Crippen molar-refractivity contribution in [2.24, 2.45) is 4.99 Å². The van der Waals surface area contributed by atoms with Crippen LogP contribution in [-0.2, 0) is 0 Å². The number of halogens is 1. The zero-order chi connectivity index (χ0) is 15.2. The van der Waals surface area contributed by atoms with Crippen molar-refractivity contribution < 1.29 is 4.74 Å². The number of aryl methyl sites for hydroxylation is 2. The molecule has 0 atom stereocenters. The first-order chi connectivity index (χ1) is 10.1. The maximum absolute atomic E-state index is 6.18. The molecule has 0 unspecified atom stereocenters. The fraction of sp³-hybridized carbons (Fsp3) is 0.167. The lowest BCUT2D eigenvalue weighted by molar-refractivity contribution is 0.363. The summed E-state index contributed by atoms with van der Waals surface area (Å²) in [6, 6.07) is 11.8. The molecule has 0 radical (unpaired) electrons. The minimum atomic E-state index is 0.440. The summed E-state index contributed by atoms with van der Waals surface area (Å²) in [7, 11) is 0. The molecule has 0 fully saturated rings. The van der Waals surface area contributed by atoms with Crippen molar-refractivity contribution in [3.05, 3.63) is 70.8 Å². The van der Waals surface area contributed by atoms with Gasteiger partial charge in [-0.15, -0.1) is 0 Å². The molecular formula is C18H18ClNO. The van der Waals surface area contributed by atoms with Gasteiger partial charge in [0.05, 0.1) is 10.7 Å². The van der Waals surface area contributed by atoms with Crippen molar-refractivity contribution in [3.63, 3.8) is 0 Å². The zero-order valence-corrected chi connectivity index (χ0v) is 13.0. The molecular weight excluding hydrogens is 282 g/mol. The molecule has 2 rings (SSSR count). The van der Waals surface area contributed by atoms with Crippen molar-refractivity contribution in [1.82, 2.24) is 0 Å². The molecule has 0 aliphatic heterocycles. The molecule has 0 aliphatic rings. The van der Waals surface area contributed by atoms with Gasteiger partial charge in [-0.25, -0.2) is 0 Å². The zero-order valence-electron chi connectivity index (χ0n) is 12.3. The fourth-order valence-corrected chi connectivity index (χ4v) is 2.11. The predicted molar refractivity (Wildman–Crippen MR) is 90.3 cm³/mol. The standard InChI is InChI=1S/C18H18ClNO/c1-4-9-21-18-8-7-15(11-16(18)19)12-20-17-10-13(2)5-6-14(17)3/h4-8,10-12H,1,9H2,2-3H3. The number of rotatable bonds is 5. The van der Waals surface area contributed by atoms with Crippen LogP contribution in [0, 0.1) is 13.8 Å². The molecule has 0 aromatic heterocycles. The second kappa shape index (κ2) is 7.09. The van der Waals surface area contributed by atoms with Gasteiger partial charge in [0, 0.05) is 6.21 Å². The SMILES string of the molecule is C=CCOc1ccc(C=Nc2cc(C)ccc2C)cc1Cl. The quantitative estimate of drug-likeness (QED) is 0.544. The first kappa shape index (κ1) is 15.3. The Morgan fingerprint density at radius 1 is 1.19 bits per heavy atom. The van der Waals surface area contributed by atoms with Crippen LogP contribution in [0.25, 0.3) is 0 Å². The van der Waals surface area contributed by atoms with Crippen molar-refractivity contribution in [3.8, 4) is 5.75 Å². The molecule has 0 amide bonds. The van der Waals surface area contributed by atoms with Crippen molar-refractivity contribution in [2.75, 3.05) is 6.61 Å². The molecule has 2 aromatic carbocycles. The number of nitrogens with zero attached hydrogens (tertiary/aromatic N) is 1. The summed E-state index contributed by atoms with van der Waals surface area (Å²) in [5, 5.41) is 0.571. The Hall–Kier alpha value is -2.06. The van der Waals surface area contributed by atoms with Gasteiger partial charge in [-0.2, -0.15) is 0 Å². The molecule has 0 saturated heterocycles. The van der Waals surface area contributed by atoms with E-state index in [9.17, 15) is 0 Å². The molecule has 0 N–H and O–H groups in total. The Morgan fingerprint density at radius 2 is 2.00 bits per heavy atom. The minimum Gasteiger partial charge on any atom is -0.488 e. The molecule has 3 heteroatoms. The monoisotopic (exact) mass is 299 g/mol. The highest BCUT2D eigenvalue weighted by molar-refractivity contribution is 6.32. The lowest BCUT2D eigenvalue weighted by atomic mass is 10.1. The average molecular weight is 300 g/mol. The molecule has 2 aromatic rings. The molecule has 0 spiro atoms. The number of benzene rings is 2. The number of ether oxygens (including phenoxy) is 1. The van der Waals surface area contributed by atoms with E-state index < -0.39 is 0 Å². The highest BCUT2D eigenvalue weighted by Gasteiger charge is 2.02. The Balaban J connectivity index is 2.19. The molecule has 21 heavy (non-hydrogen) atoms. The Bertz CT molecular complexity index is 677. The highest BCUT2D eigenvalue weighted by atomic mass is 35.5. The van der Waals surface area contributed by atoms with E-state index in [1.165, 1.54) is 5.56 Å². The Labute approximate surface area is 130 Å².